The lowest BCUT2D eigenvalue weighted by Gasteiger charge is -2.10. The summed E-state index contributed by atoms with van der Waals surface area (Å²) >= 11 is 0. The Morgan fingerprint density at radius 3 is 2.46 bits per heavy atom. The summed E-state index contributed by atoms with van der Waals surface area (Å²) in [6, 6.07) is 13.9. The van der Waals surface area contributed by atoms with Crippen molar-refractivity contribution < 1.29 is 14.3 Å². The van der Waals surface area contributed by atoms with Crippen LogP contribution < -0.4 is 11.0 Å². The van der Waals surface area contributed by atoms with Gasteiger partial charge in [-0.25, -0.2) is 9.59 Å². The second-order valence-corrected chi connectivity index (χ2v) is 6.25. The van der Waals surface area contributed by atoms with Gasteiger partial charge in [-0.3, -0.25) is 9.36 Å². The highest BCUT2D eigenvalue weighted by molar-refractivity contribution is 5.96. The van der Waals surface area contributed by atoms with Crippen LogP contribution in [0.3, 0.4) is 0 Å². The second-order valence-electron chi connectivity index (χ2n) is 6.25. The number of carbonyl (C=O) groups is 2. The molecule has 3 rings (SSSR count). The van der Waals surface area contributed by atoms with E-state index in [0.29, 0.717) is 16.9 Å². The van der Waals surface area contributed by atoms with Gasteiger partial charge in [0.05, 0.1) is 11.3 Å². The van der Waals surface area contributed by atoms with E-state index in [-0.39, 0.29) is 12.3 Å². The molecule has 7 nitrogen and oxygen atoms in total. The van der Waals surface area contributed by atoms with Crippen LogP contribution in [0, 0.1) is 6.92 Å². The molecule has 2 N–H and O–H groups in total. The summed E-state index contributed by atoms with van der Waals surface area (Å²) in [7, 11) is 0. The van der Waals surface area contributed by atoms with Gasteiger partial charge >= 0.3 is 11.7 Å². The van der Waals surface area contributed by atoms with Gasteiger partial charge in [-0.15, -0.1) is 0 Å². The molecule has 1 heterocycles. The van der Waals surface area contributed by atoms with Crippen molar-refractivity contribution in [1.29, 1.82) is 0 Å². The van der Waals surface area contributed by atoms with E-state index in [0.717, 1.165) is 17.7 Å². The predicted octanol–water partition coefficient (Wildman–Crippen LogP) is 2.83. The smallest absolute Gasteiger partial charge is 0.338 e. The number of hydrogen-bond donors (Lipinski definition) is 2. The Labute approximate surface area is 162 Å². The van der Waals surface area contributed by atoms with Gasteiger partial charge in [-0.1, -0.05) is 25.1 Å². The predicted molar refractivity (Wildman–Crippen MR) is 106 cm³/mol. The number of aromatic amines is 1. The Bertz CT molecular complexity index is 1050. The lowest BCUT2D eigenvalue weighted by molar-refractivity contribution is -0.119. The quantitative estimate of drug-likeness (QED) is 0.644. The number of rotatable bonds is 6. The molecule has 0 radical (unpaired) electrons. The molecule has 0 spiro atoms. The number of esters is 1. The summed E-state index contributed by atoms with van der Waals surface area (Å²) in [4.78, 5) is 38.7. The molecule has 3 aromatic rings. The van der Waals surface area contributed by atoms with Crippen molar-refractivity contribution in [2.75, 3.05) is 11.9 Å². The third-order valence-electron chi connectivity index (χ3n) is 4.33. The van der Waals surface area contributed by atoms with E-state index >= 15 is 0 Å². The van der Waals surface area contributed by atoms with Crippen LogP contribution in [-0.4, -0.2) is 28.0 Å². The molecule has 2 aromatic carbocycles. The number of nitrogens with zero attached hydrogens (tertiary/aromatic N) is 1. The molecule has 144 valence electrons. The minimum Gasteiger partial charge on any atom is -0.452 e. The zero-order chi connectivity index (χ0) is 20.1. The number of para-hydroxylation sites is 1. The highest BCUT2D eigenvalue weighted by Crippen LogP contribution is 2.15. The summed E-state index contributed by atoms with van der Waals surface area (Å²) in [5.74, 6) is -1.01. The Morgan fingerprint density at radius 1 is 1.11 bits per heavy atom. The van der Waals surface area contributed by atoms with E-state index in [1.54, 1.807) is 37.4 Å². The van der Waals surface area contributed by atoms with Crippen molar-refractivity contribution in [3.63, 3.8) is 0 Å². The number of ether oxygens (including phenoxy) is 1. The number of imidazole rings is 1. The zero-order valence-corrected chi connectivity index (χ0v) is 15.7. The number of aromatic nitrogens is 2. The maximum Gasteiger partial charge on any atom is 0.338 e. The average molecular weight is 379 g/mol. The fraction of sp³-hybridized carbons (Fsp3) is 0.190. The topological polar surface area (TPSA) is 93.2 Å². The van der Waals surface area contributed by atoms with E-state index in [4.69, 9.17) is 4.74 Å². The minimum absolute atomic E-state index is 0.253. The zero-order valence-electron chi connectivity index (χ0n) is 15.7. The maximum absolute atomic E-state index is 12.2. The van der Waals surface area contributed by atoms with Gasteiger partial charge in [-0.05, 0) is 49.2 Å². The summed E-state index contributed by atoms with van der Waals surface area (Å²) < 4.78 is 6.58. The second kappa shape index (κ2) is 8.39. The molecule has 28 heavy (non-hydrogen) atoms. The molecule has 1 aromatic heterocycles. The van der Waals surface area contributed by atoms with Crippen molar-refractivity contribution in [3.8, 4) is 5.69 Å². The number of carbonyl (C=O) groups excluding carboxylic acids is 2. The van der Waals surface area contributed by atoms with Crippen LogP contribution in [0.5, 0.6) is 0 Å². The van der Waals surface area contributed by atoms with Crippen molar-refractivity contribution in [2.24, 2.45) is 0 Å². The highest BCUT2D eigenvalue weighted by Gasteiger charge is 2.12. The van der Waals surface area contributed by atoms with E-state index in [1.807, 2.05) is 31.2 Å². The molecular formula is C21H21N3O4. The Morgan fingerprint density at radius 2 is 1.82 bits per heavy atom. The van der Waals surface area contributed by atoms with E-state index < -0.39 is 11.9 Å². The largest absolute Gasteiger partial charge is 0.452 e. The van der Waals surface area contributed by atoms with Crippen molar-refractivity contribution >= 4 is 17.6 Å². The third-order valence-corrected chi connectivity index (χ3v) is 4.33. The lowest BCUT2D eigenvalue weighted by atomic mass is 10.1. The number of H-pyrrole nitrogens is 1. The van der Waals surface area contributed by atoms with Crippen molar-refractivity contribution in [1.82, 2.24) is 9.55 Å². The van der Waals surface area contributed by atoms with Gasteiger partial charge in [0.1, 0.15) is 0 Å². The SMILES string of the molecule is CCc1ccccc1NC(=O)COC(=O)c1ccc(-n2c(C)c[nH]c2=O)cc1. The maximum atomic E-state index is 12.2. The van der Waals surface area contributed by atoms with E-state index in [2.05, 4.69) is 10.3 Å². The molecular weight excluding hydrogens is 358 g/mol. The van der Waals surface area contributed by atoms with Gasteiger partial charge in [0.2, 0.25) is 0 Å². The van der Waals surface area contributed by atoms with Crippen LogP contribution >= 0.6 is 0 Å². The Balaban J connectivity index is 1.60. The molecule has 0 aliphatic heterocycles. The number of hydrogen-bond acceptors (Lipinski definition) is 4. The van der Waals surface area contributed by atoms with Crippen LogP contribution in [0.25, 0.3) is 5.69 Å². The van der Waals surface area contributed by atoms with Crippen LogP contribution in [0.4, 0.5) is 5.69 Å². The fourth-order valence-corrected chi connectivity index (χ4v) is 2.87. The average Bonchev–Trinajstić information content (AvgIpc) is 3.05. The van der Waals surface area contributed by atoms with Gasteiger partial charge in [0.25, 0.3) is 5.91 Å². The first-order valence-electron chi connectivity index (χ1n) is 8.92. The van der Waals surface area contributed by atoms with Crippen LogP contribution in [0.1, 0.15) is 28.5 Å². The number of benzene rings is 2. The fourth-order valence-electron chi connectivity index (χ4n) is 2.87. The molecule has 0 fully saturated rings. The summed E-state index contributed by atoms with van der Waals surface area (Å²) in [6.45, 7) is 3.42. The highest BCUT2D eigenvalue weighted by atomic mass is 16.5. The standard InChI is InChI=1S/C21H21N3O4/c1-3-15-6-4-5-7-18(15)23-19(25)13-28-20(26)16-8-10-17(11-9-16)24-14(2)12-22-21(24)27/h4-12H,3,13H2,1-2H3,(H,22,27)(H,23,25). The first kappa shape index (κ1) is 19.2. The molecule has 1 amide bonds. The number of nitrogens with one attached hydrogen (secondary N) is 2. The lowest BCUT2D eigenvalue weighted by Crippen LogP contribution is -2.21. The summed E-state index contributed by atoms with van der Waals surface area (Å²) in [6.07, 6.45) is 2.39. The van der Waals surface area contributed by atoms with Gasteiger partial charge in [-0.2, -0.15) is 0 Å². The molecule has 0 atom stereocenters. The van der Waals surface area contributed by atoms with Crippen LogP contribution in [0.15, 0.2) is 59.5 Å². The molecule has 7 heteroatoms. The number of anilines is 1. The van der Waals surface area contributed by atoms with E-state index in [1.165, 1.54) is 4.57 Å². The normalized spacial score (nSPS) is 10.5. The summed E-state index contributed by atoms with van der Waals surface area (Å²) in [5.41, 5.74) is 3.15. The van der Waals surface area contributed by atoms with Crippen molar-refractivity contribution in [3.05, 3.63) is 82.0 Å². The number of aryl methyl sites for hydroxylation is 2. The molecule has 0 aliphatic carbocycles. The van der Waals surface area contributed by atoms with E-state index in [9.17, 15) is 14.4 Å². The van der Waals surface area contributed by atoms with Crippen molar-refractivity contribution in [2.45, 2.75) is 20.3 Å². The monoisotopic (exact) mass is 379 g/mol. The van der Waals surface area contributed by atoms with Gasteiger partial charge in [0, 0.05) is 17.6 Å². The first-order chi connectivity index (χ1) is 13.5. The molecule has 0 bridgehead atoms. The Kier molecular flexibility index (Phi) is 5.74. The Hall–Kier alpha value is -3.61. The molecule has 0 saturated carbocycles. The minimum atomic E-state index is -0.608. The molecule has 0 aliphatic rings. The molecule has 0 unspecified atom stereocenters. The summed E-state index contributed by atoms with van der Waals surface area (Å²) in [5, 5.41) is 2.75. The van der Waals surface area contributed by atoms with Crippen LogP contribution in [0.2, 0.25) is 0 Å². The van der Waals surface area contributed by atoms with Gasteiger partial charge in [0.15, 0.2) is 6.61 Å². The number of amides is 1. The van der Waals surface area contributed by atoms with Gasteiger partial charge < -0.3 is 15.0 Å². The first-order valence-corrected chi connectivity index (χ1v) is 8.92. The van der Waals surface area contributed by atoms with Crippen LogP contribution in [-0.2, 0) is 16.0 Å². The third kappa shape index (κ3) is 4.20. The molecule has 0 saturated heterocycles.